The molecule has 0 radical (unpaired) electrons. The molecule has 19 heavy (non-hydrogen) atoms. The van der Waals surface area contributed by atoms with Crippen LogP contribution in [0.4, 0.5) is 0 Å². The zero-order valence-electron chi connectivity index (χ0n) is 11.5. The first-order valence-corrected chi connectivity index (χ1v) is 6.82. The Bertz CT molecular complexity index is 503. The molecule has 0 spiro atoms. The lowest BCUT2D eigenvalue weighted by Crippen LogP contribution is -2.18. The maximum atomic E-state index is 12.1. The molecule has 1 saturated carbocycles. The number of carbonyl (C=O) groups is 1. The van der Waals surface area contributed by atoms with E-state index < -0.39 is 0 Å². The van der Waals surface area contributed by atoms with E-state index in [2.05, 4.69) is 0 Å². The van der Waals surface area contributed by atoms with Crippen LogP contribution < -0.4 is 4.74 Å². The quantitative estimate of drug-likeness (QED) is 0.845. The monoisotopic (exact) mass is 260 g/mol. The third-order valence-corrected chi connectivity index (χ3v) is 3.47. The van der Waals surface area contributed by atoms with Crippen LogP contribution in [0.1, 0.15) is 38.7 Å². The van der Waals surface area contributed by atoms with Crippen LogP contribution in [0.3, 0.4) is 0 Å². The van der Waals surface area contributed by atoms with Gasteiger partial charge in [-0.25, -0.2) is 0 Å². The maximum Gasteiger partial charge on any atom is 0.161 e. The van der Waals surface area contributed by atoms with Gasteiger partial charge in [0, 0.05) is 5.92 Å². The molecule has 0 unspecified atom stereocenters. The summed E-state index contributed by atoms with van der Waals surface area (Å²) in [6.45, 7) is 4.36. The minimum Gasteiger partial charge on any atom is -0.504 e. The maximum absolute atomic E-state index is 12.1. The van der Waals surface area contributed by atoms with Crippen molar-refractivity contribution >= 4 is 11.9 Å². The van der Waals surface area contributed by atoms with Crippen molar-refractivity contribution in [2.45, 2.75) is 33.1 Å². The fourth-order valence-electron chi connectivity index (χ4n) is 2.41. The van der Waals surface area contributed by atoms with Gasteiger partial charge in [-0.05, 0) is 55.5 Å². The molecule has 1 aliphatic rings. The molecule has 1 aliphatic carbocycles. The Hall–Kier alpha value is -1.77. The van der Waals surface area contributed by atoms with Gasteiger partial charge in [-0.1, -0.05) is 13.0 Å². The molecule has 0 aromatic heterocycles. The Morgan fingerprint density at radius 2 is 2.26 bits per heavy atom. The summed E-state index contributed by atoms with van der Waals surface area (Å²) in [6.07, 6.45) is 4.80. The van der Waals surface area contributed by atoms with Gasteiger partial charge in [0.1, 0.15) is 0 Å². The Balaban J connectivity index is 2.27. The summed E-state index contributed by atoms with van der Waals surface area (Å²) >= 11 is 0. The van der Waals surface area contributed by atoms with Crippen LogP contribution in [0.25, 0.3) is 6.08 Å². The lowest BCUT2D eigenvalue weighted by Gasteiger charge is -2.19. The molecule has 2 rings (SSSR count). The molecule has 1 N–H and O–H groups in total. The van der Waals surface area contributed by atoms with Crippen LogP contribution in [0.5, 0.6) is 11.5 Å². The van der Waals surface area contributed by atoms with Gasteiger partial charge >= 0.3 is 0 Å². The third kappa shape index (κ3) is 3.16. The molecule has 3 heteroatoms. The number of allylic oxidation sites excluding steroid dienone is 1. The van der Waals surface area contributed by atoms with Gasteiger partial charge in [-0.3, -0.25) is 4.79 Å². The van der Waals surface area contributed by atoms with Crippen LogP contribution in [0.2, 0.25) is 0 Å². The number of carbonyl (C=O) groups excluding carboxylic acids is 1. The van der Waals surface area contributed by atoms with Crippen molar-refractivity contribution in [2.24, 2.45) is 5.92 Å². The Labute approximate surface area is 113 Å². The molecule has 0 heterocycles. The second-order valence-electron chi connectivity index (χ2n) is 4.99. The third-order valence-electron chi connectivity index (χ3n) is 3.47. The number of Topliss-reactive ketones (excluding diaryl/α,β-unsaturated/α-hetero) is 1. The van der Waals surface area contributed by atoms with Crippen molar-refractivity contribution in [1.29, 1.82) is 0 Å². The summed E-state index contributed by atoms with van der Waals surface area (Å²) in [5.41, 5.74) is 1.78. The van der Waals surface area contributed by atoms with Crippen LogP contribution in [-0.4, -0.2) is 17.5 Å². The first kappa shape index (κ1) is 13.7. The van der Waals surface area contributed by atoms with Gasteiger partial charge in [-0.15, -0.1) is 0 Å². The average Bonchev–Trinajstić information content (AvgIpc) is 2.39. The molecule has 1 atom stereocenters. The summed E-state index contributed by atoms with van der Waals surface area (Å²) in [5, 5.41) is 9.65. The fourth-order valence-corrected chi connectivity index (χ4v) is 2.41. The number of phenolic OH excluding ortho intramolecular Hbond substituents is 1. The van der Waals surface area contributed by atoms with Crippen molar-refractivity contribution in [3.8, 4) is 11.5 Å². The summed E-state index contributed by atoms with van der Waals surface area (Å²) in [7, 11) is 0. The molecular weight excluding hydrogens is 240 g/mol. The van der Waals surface area contributed by atoms with Gasteiger partial charge in [0.25, 0.3) is 0 Å². The van der Waals surface area contributed by atoms with Crippen molar-refractivity contribution in [2.75, 3.05) is 6.61 Å². The number of rotatable bonds is 3. The van der Waals surface area contributed by atoms with Crippen molar-refractivity contribution in [1.82, 2.24) is 0 Å². The van der Waals surface area contributed by atoms with Gasteiger partial charge in [0.15, 0.2) is 17.3 Å². The first-order chi connectivity index (χ1) is 9.11. The number of phenols is 1. The highest BCUT2D eigenvalue weighted by atomic mass is 16.5. The molecular formula is C16H20O3. The Kier molecular flexibility index (Phi) is 4.25. The van der Waals surface area contributed by atoms with E-state index >= 15 is 0 Å². The largest absolute Gasteiger partial charge is 0.504 e. The minimum absolute atomic E-state index is 0.128. The van der Waals surface area contributed by atoms with E-state index in [0.29, 0.717) is 12.4 Å². The number of aromatic hydroxyl groups is 1. The van der Waals surface area contributed by atoms with Crippen molar-refractivity contribution in [3.63, 3.8) is 0 Å². The summed E-state index contributed by atoms with van der Waals surface area (Å²) in [5.74, 6) is 0.973. The molecule has 0 aliphatic heterocycles. The van der Waals surface area contributed by atoms with E-state index in [-0.39, 0.29) is 17.5 Å². The zero-order chi connectivity index (χ0) is 13.8. The van der Waals surface area contributed by atoms with Crippen molar-refractivity contribution in [3.05, 3.63) is 29.3 Å². The van der Waals surface area contributed by atoms with Crippen LogP contribution in [-0.2, 0) is 4.79 Å². The normalized spacial score (nSPS) is 21.7. The second kappa shape index (κ2) is 5.91. The second-order valence-corrected chi connectivity index (χ2v) is 4.99. The molecule has 1 aromatic carbocycles. The van der Waals surface area contributed by atoms with Crippen LogP contribution in [0, 0.1) is 5.92 Å². The van der Waals surface area contributed by atoms with Crippen LogP contribution in [0.15, 0.2) is 23.8 Å². The van der Waals surface area contributed by atoms with Gasteiger partial charge in [0.2, 0.25) is 0 Å². The van der Waals surface area contributed by atoms with Gasteiger partial charge < -0.3 is 9.84 Å². The number of benzene rings is 1. The lowest BCUT2D eigenvalue weighted by molar-refractivity contribution is -0.119. The first-order valence-electron chi connectivity index (χ1n) is 6.82. The fraction of sp³-hybridized carbons (Fsp3) is 0.438. The molecule has 3 nitrogen and oxygen atoms in total. The molecule has 0 amide bonds. The number of ketones is 1. The smallest absolute Gasteiger partial charge is 0.161 e. The highest BCUT2D eigenvalue weighted by Crippen LogP contribution is 2.30. The standard InChI is InChI=1S/C16H20O3/c1-3-19-15-10-12(7-8-14(15)17)9-13-6-4-5-11(2)16(13)18/h7-11,17H,3-6H2,1-2H3/b13-9+/t11-/m0/s1. The summed E-state index contributed by atoms with van der Waals surface area (Å²) < 4.78 is 5.35. The Morgan fingerprint density at radius 3 is 3.00 bits per heavy atom. The van der Waals surface area contributed by atoms with Gasteiger partial charge in [0.05, 0.1) is 6.61 Å². The van der Waals surface area contributed by atoms with Gasteiger partial charge in [-0.2, -0.15) is 0 Å². The van der Waals surface area contributed by atoms with E-state index in [1.807, 2.05) is 19.9 Å². The SMILES string of the molecule is CCOc1cc(/C=C2\CCC[C@H](C)C2=O)ccc1O. The molecule has 1 aromatic rings. The summed E-state index contributed by atoms with van der Waals surface area (Å²) in [4.78, 5) is 12.1. The predicted molar refractivity (Wildman–Crippen MR) is 75.3 cm³/mol. The van der Waals surface area contributed by atoms with E-state index in [1.54, 1.807) is 18.2 Å². The highest BCUT2D eigenvalue weighted by Gasteiger charge is 2.22. The van der Waals surface area contributed by atoms with E-state index in [9.17, 15) is 9.90 Å². The lowest BCUT2D eigenvalue weighted by atomic mass is 9.84. The Morgan fingerprint density at radius 1 is 1.47 bits per heavy atom. The minimum atomic E-state index is 0.128. The number of ether oxygens (including phenoxy) is 1. The van der Waals surface area contributed by atoms with Crippen molar-refractivity contribution < 1.29 is 14.6 Å². The average molecular weight is 260 g/mol. The molecule has 0 saturated heterocycles. The molecule has 0 bridgehead atoms. The zero-order valence-corrected chi connectivity index (χ0v) is 11.5. The topological polar surface area (TPSA) is 46.5 Å². The van der Waals surface area contributed by atoms with E-state index in [0.717, 1.165) is 30.4 Å². The van der Waals surface area contributed by atoms with Crippen LogP contribution >= 0.6 is 0 Å². The molecule has 1 fully saturated rings. The van der Waals surface area contributed by atoms with E-state index in [1.165, 1.54) is 0 Å². The number of hydrogen-bond acceptors (Lipinski definition) is 3. The predicted octanol–water partition coefficient (Wildman–Crippen LogP) is 3.56. The highest BCUT2D eigenvalue weighted by molar-refractivity contribution is 6.01. The summed E-state index contributed by atoms with van der Waals surface area (Å²) in [6, 6.07) is 5.18. The number of hydrogen-bond donors (Lipinski definition) is 1. The van der Waals surface area contributed by atoms with E-state index in [4.69, 9.17) is 4.74 Å². The molecule has 102 valence electrons.